The minimum Gasteiger partial charge on any atom is -0.490 e. The van der Waals surface area contributed by atoms with Crippen molar-refractivity contribution in [3.8, 4) is 11.5 Å². The summed E-state index contributed by atoms with van der Waals surface area (Å²) in [4.78, 5) is 4.54. The smallest absolute Gasteiger partial charge is 0.124 e. The normalized spacial score (nSPS) is 23.1. The van der Waals surface area contributed by atoms with Crippen molar-refractivity contribution in [1.82, 2.24) is 10.3 Å². The molecule has 0 saturated heterocycles. The first-order chi connectivity index (χ1) is 15.2. The van der Waals surface area contributed by atoms with Crippen molar-refractivity contribution in [3.05, 3.63) is 75.7 Å². The Kier molecular flexibility index (Phi) is 6.23. The lowest BCUT2D eigenvalue weighted by Crippen LogP contribution is -2.36. The molecular formula is C26H30N2O2S. The number of rotatable bonds is 6. The Bertz CT molecular complexity index is 996. The summed E-state index contributed by atoms with van der Waals surface area (Å²) in [6, 6.07) is 17.4. The highest BCUT2D eigenvalue weighted by molar-refractivity contribution is 7.09. The van der Waals surface area contributed by atoms with Crippen LogP contribution in [0.5, 0.6) is 11.5 Å². The summed E-state index contributed by atoms with van der Waals surface area (Å²) in [5.41, 5.74) is 3.68. The summed E-state index contributed by atoms with van der Waals surface area (Å²) in [5, 5.41) is 6.96. The van der Waals surface area contributed by atoms with E-state index in [0.717, 1.165) is 67.3 Å². The fourth-order valence-corrected chi connectivity index (χ4v) is 5.27. The molecule has 1 saturated carbocycles. The van der Waals surface area contributed by atoms with Crippen LogP contribution >= 0.6 is 11.3 Å². The third-order valence-corrected chi connectivity index (χ3v) is 7.19. The Morgan fingerprint density at radius 1 is 1.06 bits per heavy atom. The van der Waals surface area contributed by atoms with Gasteiger partial charge in [0.25, 0.3) is 0 Å². The fraction of sp³-hybridized carbons (Fsp3) is 0.423. The Balaban J connectivity index is 1.12. The van der Waals surface area contributed by atoms with E-state index in [-0.39, 0.29) is 6.10 Å². The van der Waals surface area contributed by atoms with Gasteiger partial charge >= 0.3 is 0 Å². The lowest BCUT2D eigenvalue weighted by molar-refractivity contribution is 0.138. The molecule has 162 valence electrons. The quantitative estimate of drug-likeness (QED) is 0.517. The summed E-state index contributed by atoms with van der Waals surface area (Å²) in [6.07, 6.45) is 6.99. The van der Waals surface area contributed by atoms with Crippen LogP contribution < -0.4 is 14.8 Å². The number of benzene rings is 2. The van der Waals surface area contributed by atoms with Gasteiger partial charge in [0, 0.05) is 18.0 Å². The van der Waals surface area contributed by atoms with E-state index < -0.39 is 0 Å². The summed E-state index contributed by atoms with van der Waals surface area (Å²) in [7, 11) is 0. The highest BCUT2D eigenvalue weighted by Crippen LogP contribution is 2.37. The van der Waals surface area contributed by atoms with Crippen LogP contribution in [0.3, 0.4) is 0 Å². The summed E-state index contributed by atoms with van der Waals surface area (Å²) >= 11 is 1.72. The second-order valence-corrected chi connectivity index (χ2v) is 9.72. The van der Waals surface area contributed by atoms with Crippen molar-refractivity contribution in [1.29, 1.82) is 0 Å². The molecule has 5 rings (SSSR count). The molecule has 31 heavy (non-hydrogen) atoms. The molecule has 1 aliphatic heterocycles. The van der Waals surface area contributed by atoms with Crippen LogP contribution in [-0.4, -0.2) is 17.1 Å². The number of fused-ring (bicyclic) bond motifs is 1. The maximum atomic E-state index is 6.35. The van der Waals surface area contributed by atoms with E-state index in [1.807, 2.05) is 0 Å². The van der Waals surface area contributed by atoms with Gasteiger partial charge < -0.3 is 14.8 Å². The minimum absolute atomic E-state index is 0.149. The zero-order valence-electron chi connectivity index (χ0n) is 18.0. The fourth-order valence-electron chi connectivity index (χ4n) is 4.66. The maximum absolute atomic E-state index is 6.35. The summed E-state index contributed by atoms with van der Waals surface area (Å²) in [5.74, 6) is 1.98. The maximum Gasteiger partial charge on any atom is 0.124 e. The van der Waals surface area contributed by atoms with Gasteiger partial charge in [0.1, 0.15) is 17.6 Å². The van der Waals surface area contributed by atoms with Crippen molar-refractivity contribution in [2.75, 3.05) is 0 Å². The molecule has 1 atom stereocenters. The lowest BCUT2D eigenvalue weighted by Gasteiger charge is -2.30. The largest absolute Gasteiger partial charge is 0.490 e. The molecule has 1 aromatic heterocycles. The number of hydrogen-bond donors (Lipinski definition) is 1. The highest BCUT2D eigenvalue weighted by Gasteiger charge is 2.24. The van der Waals surface area contributed by atoms with E-state index in [9.17, 15) is 0 Å². The minimum atomic E-state index is 0.149. The molecule has 0 bridgehead atoms. The second kappa shape index (κ2) is 9.41. The number of ether oxygens (including phenoxy) is 2. The highest BCUT2D eigenvalue weighted by atomic mass is 32.1. The molecule has 1 aliphatic carbocycles. The number of nitrogens with one attached hydrogen (secondary N) is 1. The van der Waals surface area contributed by atoms with Crippen molar-refractivity contribution in [2.24, 2.45) is 0 Å². The van der Waals surface area contributed by atoms with E-state index in [1.165, 1.54) is 11.1 Å². The van der Waals surface area contributed by atoms with E-state index in [0.29, 0.717) is 12.1 Å². The molecule has 5 heteroatoms. The van der Waals surface area contributed by atoms with Crippen LogP contribution in [-0.2, 0) is 13.0 Å². The monoisotopic (exact) mass is 434 g/mol. The number of aromatic nitrogens is 1. The average molecular weight is 435 g/mol. The number of thiazole rings is 1. The van der Waals surface area contributed by atoms with Crippen LogP contribution in [0.15, 0.2) is 53.9 Å². The molecule has 3 aromatic rings. The Morgan fingerprint density at radius 2 is 1.90 bits per heavy atom. The first-order valence-electron chi connectivity index (χ1n) is 11.4. The topological polar surface area (TPSA) is 43.4 Å². The van der Waals surface area contributed by atoms with E-state index >= 15 is 0 Å². The predicted molar refractivity (Wildman–Crippen MR) is 125 cm³/mol. The zero-order chi connectivity index (χ0) is 21.0. The van der Waals surface area contributed by atoms with Gasteiger partial charge in [-0.25, -0.2) is 4.98 Å². The van der Waals surface area contributed by atoms with E-state index in [2.05, 4.69) is 71.1 Å². The second-order valence-electron chi connectivity index (χ2n) is 8.66. The van der Waals surface area contributed by atoms with Gasteiger partial charge in [0.15, 0.2) is 0 Å². The lowest BCUT2D eigenvalue weighted by atomic mass is 9.92. The van der Waals surface area contributed by atoms with Gasteiger partial charge in [-0.15, -0.1) is 11.3 Å². The number of hydrogen-bond acceptors (Lipinski definition) is 5. The third-order valence-electron chi connectivity index (χ3n) is 6.36. The van der Waals surface area contributed by atoms with Crippen LogP contribution in [0.25, 0.3) is 0 Å². The molecule has 2 heterocycles. The molecular weight excluding hydrogens is 404 g/mol. The summed E-state index contributed by atoms with van der Waals surface area (Å²) in [6.45, 7) is 2.93. The Hall–Kier alpha value is -2.37. The zero-order valence-corrected chi connectivity index (χ0v) is 18.9. The van der Waals surface area contributed by atoms with Crippen molar-refractivity contribution in [3.63, 3.8) is 0 Å². The van der Waals surface area contributed by atoms with Gasteiger partial charge in [-0.1, -0.05) is 30.3 Å². The van der Waals surface area contributed by atoms with Crippen LogP contribution in [0.4, 0.5) is 0 Å². The standard InChI is InChI=1S/C26H30N2O2S/c1-18-28-22(17-31-18)16-27-21-8-10-23(11-9-21)29-24-12-14-26-20(15-24)7-13-25(30-26)19-5-3-2-4-6-19/h2-6,12,14-15,17,21,23,25,27H,7-11,13,16H2,1H3/t21-,23-,25?. The van der Waals surface area contributed by atoms with Crippen molar-refractivity contribution < 1.29 is 9.47 Å². The van der Waals surface area contributed by atoms with E-state index in [1.54, 1.807) is 11.3 Å². The van der Waals surface area contributed by atoms with Gasteiger partial charge in [-0.05, 0) is 74.8 Å². The van der Waals surface area contributed by atoms with Crippen LogP contribution in [0, 0.1) is 6.92 Å². The SMILES string of the molecule is Cc1nc(CN[C@H]2CC[C@H](Oc3ccc4c(c3)CCC(c3ccccc3)O4)CC2)cs1. The summed E-state index contributed by atoms with van der Waals surface area (Å²) < 4.78 is 12.6. The third kappa shape index (κ3) is 5.10. The molecule has 1 N–H and O–H groups in total. The van der Waals surface area contributed by atoms with Gasteiger partial charge in [0.05, 0.1) is 16.8 Å². The van der Waals surface area contributed by atoms with Gasteiger partial charge in [0.2, 0.25) is 0 Å². The first kappa shape index (κ1) is 20.5. The molecule has 0 radical (unpaired) electrons. The van der Waals surface area contributed by atoms with Gasteiger partial charge in [-0.2, -0.15) is 0 Å². The molecule has 2 aliphatic rings. The molecule has 1 fully saturated rings. The number of aryl methyl sites for hydroxylation is 2. The molecule has 1 unspecified atom stereocenters. The van der Waals surface area contributed by atoms with Crippen molar-refractivity contribution >= 4 is 11.3 Å². The molecule has 0 spiro atoms. The molecule has 4 nitrogen and oxygen atoms in total. The van der Waals surface area contributed by atoms with Crippen LogP contribution in [0.2, 0.25) is 0 Å². The Morgan fingerprint density at radius 3 is 2.68 bits per heavy atom. The molecule has 0 amide bonds. The predicted octanol–water partition coefficient (Wildman–Crippen LogP) is 6.00. The van der Waals surface area contributed by atoms with Gasteiger partial charge in [-0.3, -0.25) is 0 Å². The van der Waals surface area contributed by atoms with E-state index in [4.69, 9.17) is 9.47 Å². The first-order valence-corrected chi connectivity index (χ1v) is 12.3. The number of nitrogens with zero attached hydrogens (tertiary/aromatic N) is 1. The van der Waals surface area contributed by atoms with Crippen molar-refractivity contribution in [2.45, 2.75) is 70.2 Å². The average Bonchev–Trinajstić information content (AvgIpc) is 3.24. The van der Waals surface area contributed by atoms with Crippen LogP contribution in [0.1, 0.15) is 60.0 Å². The Labute approximate surface area is 188 Å². The molecule has 2 aromatic carbocycles.